The van der Waals surface area contributed by atoms with E-state index in [1.165, 1.54) is 7.11 Å². The largest absolute Gasteiger partial charge is 0.465 e. The Labute approximate surface area is 171 Å². The molecule has 0 unspecified atom stereocenters. The molecule has 3 rings (SSSR count). The summed E-state index contributed by atoms with van der Waals surface area (Å²) in [5.41, 5.74) is 2.18. The summed E-state index contributed by atoms with van der Waals surface area (Å²) in [6.45, 7) is 2.67. The molecule has 0 bridgehead atoms. The lowest BCUT2D eigenvalue weighted by molar-refractivity contribution is 0.0603. The molecule has 0 saturated carbocycles. The number of aryl methyl sites for hydroxylation is 1. The number of methoxy groups -OCH3 is 1. The number of hydrogen-bond acceptors (Lipinski definition) is 4. The van der Waals surface area contributed by atoms with E-state index >= 15 is 0 Å². The van der Waals surface area contributed by atoms with Crippen LogP contribution in [-0.4, -0.2) is 28.9 Å². The summed E-state index contributed by atoms with van der Waals surface area (Å²) in [5, 5.41) is 1.82. The Morgan fingerprint density at radius 3 is 2.63 bits per heavy atom. The first kappa shape index (κ1) is 19.5. The van der Waals surface area contributed by atoms with Gasteiger partial charge in [0.05, 0.1) is 19.2 Å². The van der Waals surface area contributed by atoms with Crippen LogP contribution in [-0.2, 0) is 17.7 Å². The van der Waals surface area contributed by atoms with Crippen molar-refractivity contribution in [3.8, 4) is 0 Å². The summed E-state index contributed by atoms with van der Waals surface area (Å²) in [4.78, 5) is 28.3. The maximum absolute atomic E-state index is 12.1. The first-order valence-electron chi connectivity index (χ1n) is 8.89. The number of hydrogen-bond donors (Lipinski definition) is 0. The summed E-state index contributed by atoms with van der Waals surface area (Å²) in [5.74, 6) is 0.566. The van der Waals surface area contributed by atoms with Gasteiger partial charge in [-0.2, -0.15) is 0 Å². The average Bonchev–Trinajstić information content (AvgIpc) is 3.00. The fourth-order valence-electron chi connectivity index (χ4n) is 3.25. The second kappa shape index (κ2) is 8.65. The van der Waals surface area contributed by atoms with E-state index in [9.17, 15) is 9.59 Å². The van der Waals surface area contributed by atoms with E-state index in [4.69, 9.17) is 4.74 Å². The molecule has 0 amide bonds. The highest BCUT2D eigenvalue weighted by atomic mass is 127. The molecule has 0 saturated heterocycles. The van der Waals surface area contributed by atoms with Gasteiger partial charge in [-0.15, -0.1) is 0 Å². The minimum Gasteiger partial charge on any atom is -0.465 e. The third-order valence-corrected chi connectivity index (χ3v) is 5.45. The second-order valence-electron chi connectivity index (χ2n) is 6.32. The third kappa shape index (κ3) is 3.90. The zero-order chi connectivity index (χ0) is 19.4. The van der Waals surface area contributed by atoms with Crippen LogP contribution in [0.25, 0.3) is 10.8 Å². The van der Waals surface area contributed by atoms with E-state index in [0.717, 1.165) is 51.4 Å². The predicted molar refractivity (Wildman–Crippen MR) is 113 cm³/mol. The number of nitrogens with zero attached hydrogens (tertiary/aromatic N) is 2. The van der Waals surface area contributed by atoms with Gasteiger partial charge in [0, 0.05) is 6.42 Å². The number of halogens is 1. The minimum absolute atomic E-state index is 0.354. The van der Waals surface area contributed by atoms with E-state index in [0.29, 0.717) is 17.8 Å². The van der Waals surface area contributed by atoms with Gasteiger partial charge < -0.3 is 9.30 Å². The molecule has 0 aliphatic heterocycles. The summed E-state index contributed by atoms with van der Waals surface area (Å²) >= 11 is 2.11. The van der Waals surface area contributed by atoms with Gasteiger partial charge in [0.25, 0.3) is 0 Å². The normalized spacial score (nSPS) is 10.9. The van der Waals surface area contributed by atoms with Crippen LogP contribution in [0, 0.1) is 3.70 Å². The van der Waals surface area contributed by atoms with E-state index in [1.54, 1.807) is 6.07 Å². The fourth-order valence-corrected chi connectivity index (χ4v) is 3.95. The van der Waals surface area contributed by atoms with Gasteiger partial charge >= 0.3 is 5.97 Å². The van der Waals surface area contributed by atoms with Crippen molar-refractivity contribution in [1.82, 2.24) is 9.55 Å². The topological polar surface area (TPSA) is 61.2 Å². The van der Waals surface area contributed by atoms with E-state index < -0.39 is 0 Å². The maximum Gasteiger partial charge on any atom is 0.338 e. The monoisotopic (exact) mass is 476 g/mol. The lowest BCUT2D eigenvalue weighted by atomic mass is 9.99. The fraction of sp³-hybridized carbons (Fsp3) is 0.286. The van der Waals surface area contributed by atoms with Crippen molar-refractivity contribution in [3.63, 3.8) is 0 Å². The molecule has 27 heavy (non-hydrogen) atoms. The highest BCUT2D eigenvalue weighted by Gasteiger charge is 2.17. The number of benzene rings is 2. The van der Waals surface area contributed by atoms with Gasteiger partial charge in [0.15, 0.2) is 6.29 Å². The molecule has 0 aliphatic rings. The van der Waals surface area contributed by atoms with Crippen molar-refractivity contribution in [2.24, 2.45) is 0 Å². The maximum atomic E-state index is 12.1. The Morgan fingerprint density at radius 2 is 1.96 bits per heavy atom. The summed E-state index contributed by atoms with van der Waals surface area (Å²) < 4.78 is 7.62. The van der Waals surface area contributed by atoms with Crippen LogP contribution in [0.1, 0.15) is 52.0 Å². The van der Waals surface area contributed by atoms with Crippen molar-refractivity contribution in [3.05, 3.63) is 62.7 Å². The van der Waals surface area contributed by atoms with Crippen LogP contribution >= 0.6 is 22.6 Å². The van der Waals surface area contributed by atoms with Gasteiger partial charge in [0.1, 0.15) is 15.2 Å². The molecule has 0 N–H and O–H groups in total. The molecule has 0 radical (unpaired) electrons. The second-order valence-corrected chi connectivity index (χ2v) is 7.34. The van der Waals surface area contributed by atoms with Gasteiger partial charge in [-0.3, -0.25) is 4.79 Å². The smallest absolute Gasteiger partial charge is 0.338 e. The SMILES string of the molecule is CCCCc1nc(I)c(C=O)n1Cc1ccc(C(=O)OC)c2ccccc12. The Hall–Kier alpha value is -2.22. The number of fused-ring (bicyclic) bond motifs is 1. The number of esters is 1. The number of aromatic nitrogens is 2. The lowest BCUT2D eigenvalue weighted by Gasteiger charge is -2.14. The number of carbonyl (C=O) groups is 2. The molecule has 5 nitrogen and oxygen atoms in total. The number of ether oxygens (including phenoxy) is 1. The van der Waals surface area contributed by atoms with Crippen LogP contribution in [0.3, 0.4) is 0 Å². The first-order chi connectivity index (χ1) is 13.1. The minimum atomic E-state index is -0.354. The number of unbranched alkanes of at least 4 members (excludes halogenated alkanes) is 1. The summed E-state index contributed by atoms with van der Waals surface area (Å²) in [6.07, 6.45) is 3.79. The predicted octanol–water partition coefficient (Wildman–Crippen LogP) is 4.63. The van der Waals surface area contributed by atoms with Gasteiger partial charge in [-0.1, -0.05) is 43.7 Å². The highest BCUT2D eigenvalue weighted by Crippen LogP contribution is 2.26. The van der Waals surface area contributed by atoms with E-state index in [2.05, 4.69) is 34.5 Å². The van der Waals surface area contributed by atoms with Crippen molar-refractivity contribution in [2.75, 3.05) is 7.11 Å². The molecule has 0 atom stereocenters. The van der Waals surface area contributed by atoms with Crippen LogP contribution in [0.15, 0.2) is 36.4 Å². The van der Waals surface area contributed by atoms with Crippen LogP contribution in [0.5, 0.6) is 0 Å². The van der Waals surface area contributed by atoms with Crippen LogP contribution < -0.4 is 0 Å². The number of rotatable bonds is 7. The molecule has 0 aliphatic carbocycles. The Morgan fingerprint density at radius 1 is 1.22 bits per heavy atom. The molecule has 0 fully saturated rings. The zero-order valence-electron chi connectivity index (χ0n) is 15.4. The molecule has 3 aromatic rings. The van der Waals surface area contributed by atoms with E-state index in [1.807, 2.05) is 34.9 Å². The van der Waals surface area contributed by atoms with Crippen molar-refractivity contribution < 1.29 is 14.3 Å². The van der Waals surface area contributed by atoms with Crippen molar-refractivity contribution in [2.45, 2.75) is 32.7 Å². The zero-order valence-corrected chi connectivity index (χ0v) is 17.5. The molecule has 140 valence electrons. The summed E-state index contributed by atoms with van der Waals surface area (Å²) in [7, 11) is 1.38. The van der Waals surface area contributed by atoms with Crippen molar-refractivity contribution >= 4 is 45.6 Å². The first-order valence-corrected chi connectivity index (χ1v) is 9.97. The molecule has 6 heteroatoms. The molecule has 1 aromatic heterocycles. The molecule has 2 aromatic carbocycles. The Balaban J connectivity index is 2.10. The van der Waals surface area contributed by atoms with Crippen LogP contribution in [0.4, 0.5) is 0 Å². The summed E-state index contributed by atoms with van der Waals surface area (Å²) in [6, 6.07) is 11.5. The molecular formula is C21H21IN2O3. The molecular weight excluding hydrogens is 455 g/mol. The molecule has 0 spiro atoms. The Kier molecular flexibility index (Phi) is 6.26. The number of aldehydes is 1. The number of carbonyl (C=O) groups excluding carboxylic acids is 2. The quantitative estimate of drug-likeness (QED) is 0.284. The average molecular weight is 476 g/mol. The number of imidazole rings is 1. The van der Waals surface area contributed by atoms with Gasteiger partial charge in [-0.05, 0) is 51.4 Å². The van der Waals surface area contributed by atoms with Gasteiger partial charge in [-0.25, -0.2) is 9.78 Å². The Bertz CT molecular complexity index is 995. The highest BCUT2D eigenvalue weighted by molar-refractivity contribution is 14.1. The third-order valence-electron chi connectivity index (χ3n) is 4.65. The van der Waals surface area contributed by atoms with Crippen molar-refractivity contribution in [1.29, 1.82) is 0 Å². The standard InChI is InChI=1S/C21H21IN2O3/c1-3-4-9-19-23-20(22)18(13-25)24(19)12-14-10-11-17(21(26)27-2)16-8-6-5-7-15(14)16/h5-8,10-11,13H,3-4,9,12H2,1-2H3. The van der Waals surface area contributed by atoms with E-state index in [-0.39, 0.29) is 5.97 Å². The molecule has 1 heterocycles. The van der Waals surface area contributed by atoms with Gasteiger partial charge in [0.2, 0.25) is 0 Å². The van der Waals surface area contributed by atoms with Crippen LogP contribution in [0.2, 0.25) is 0 Å². The lowest BCUT2D eigenvalue weighted by Crippen LogP contribution is -2.10.